The number of amides is 1. The number of aromatic nitrogens is 2. The van der Waals surface area contributed by atoms with Crippen LogP contribution < -0.4 is 20.3 Å². The number of ether oxygens (including phenoxy) is 1. The van der Waals surface area contributed by atoms with Crippen molar-refractivity contribution in [3.63, 3.8) is 0 Å². The fourth-order valence-corrected chi connectivity index (χ4v) is 5.76. The number of anilines is 2. The highest BCUT2D eigenvalue weighted by Crippen LogP contribution is 2.44. The number of methoxy groups -OCH3 is 1. The Labute approximate surface area is 245 Å². The van der Waals surface area contributed by atoms with Crippen molar-refractivity contribution in [3.8, 4) is 11.4 Å². The van der Waals surface area contributed by atoms with Gasteiger partial charge >= 0.3 is 0 Å². The Bertz CT molecular complexity index is 1550. The molecule has 1 saturated heterocycles. The van der Waals surface area contributed by atoms with Crippen LogP contribution in [-0.4, -0.2) is 27.7 Å². The largest absolute Gasteiger partial charge is 0.497 e. The molecule has 0 saturated carbocycles. The number of rotatable bonds is 7. The van der Waals surface area contributed by atoms with Gasteiger partial charge in [-0.15, -0.1) is 0 Å². The normalized spacial score (nSPS) is 16.8. The molecule has 0 radical (unpaired) electrons. The molecule has 40 heavy (non-hydrogen) atoms. The summed E-state index contributed by atoms with van der Waals surface area (Å²) >= 11 is 12.6. The summed E-state index contributed by atoms with van der Waals surface area (Å²) in [7, 11) is 1.67. The Morgan fingerprint density at radius 2 is 1.80 bits per heavy atom. The van der Waals surface area contributed by atoms with E-state index in [1.165, 1.54) is 0 Å². The van der Waals surface area contributed by atoms with Crippen LogP contribution in [0.5, 0.6) is 5.75 Å². The first-order chi connectivity index (χ1) is 19.2. The van der Waals surface area contributed by atoms with Gasteiger partial charge in [0.15, 0.2) is 5.11 Å². The summed E-state index contributed by atoms with van der Waals surface area (Å²) in [6.07, 6.45) is 1.80. The maximum absolute atomic E-state index is 12.3. The predicted octanol–water partition coefficient (Wildman–Crippen LogP) is 6.92. The number of carbonyl (C=O) groups excluding carboxylic acids is 1. The Morgan fingerprint density at radius 1 is 1.07 bits per heavy atom. The van der Waals surface area contributed by atoms with Gasteiger partial charge < -0.3 is 24.8 Å². The van der Waals surface area contributed by atoms with E-state index in [1.807, 2.05) is 62.4 Å². The highest BCUT2D eigenvalue weighted by molar-refractivity contribution is 7.80. The lowest BCUT2D eigenvalue weighted by Gasteiger charge is -2.28. The van der Waals surface area contributed by atoms with Gasteiger partial charge in [0.05, 0.1) is 35.6 Å². The van der Waals surface area contributed by atoms with Crippen LogP contribution >= 0.6 is 23.8 Å². The molecule has 0 spiro atoms. The summed E-state index contributed by atoms with van der Waals surface area (Å²) in [5, 5.41) is 7.43. The van der Waals surface area contributed by atoms with Gasteiger partial charge in [-0.25, -0.2) is 0 Å². The van der Waals surface area contributed by atoms with Crippen LogP contribution in [0.4, 0.5) is 11.4 Å². The molecule has 3 heterocycles. The lowest BCUT2D eigenvalue weighted by atomic mass is 9.96. The van der Waals surface area contributed by atoms with Crippen molar-refractivity contribution in [1.29, 1.82) is 0 Å². The molecule has 2 aromatic heterocycles. The zero-order valence-electron chi connectivity index (χ0n) is 23.1. The van der Waals surface area contributed by atoms with Gasteiger partial charge in [0.25, 0.3) is 0 Å². The van der Waals surface area contributed by atoms with Crippen molar-refractivity contribution >= 4 is 46.2 Å². The van der Waals surface area contributed by atoms with Crippen LogP contribution in [0.1, 0.15) is 48.6 Å². The maximum Gasteiger partial charge on any atom is 0.226 e. The summed E-state index contributed by atoms with van der Waals surface area (Å²) < 4.78 is 7.60. The van der Waals surface area contributed by atoms with E-state index in [0.717, 1.165) is 39.8 Å². The number of carbonyl (C=O) groups is 1. The van der Waals surface area contributed by atoms with Gasteiger partial charge in [0.1, 0.15) is 5.75 Å². The Morgan fingerprint density at radius 3 is 2.42 bits per heavy atom. The van der Waals surface area contributed by atoms with Crippen molar-refractivity contribution in [2.75, 3.05) is 17.3 Å². The third kappa shape index (κ3) is 5.17. The molecule has 1 aliphatic heterocycles. The highest BCUT2D eigenvalue weighted by atomic mass is 35.5. The van der Waals surface area contributed by atoms with Gasteiger partial charge in [0, 0.05) is 34.9 Å². The van der Waals surface area contributed by atoms with Crippen LogP contribution in [0.2, 0.25) is 5.02 Å². The molecule has 1 fully saturated rings. The van der Waals surface area contributed by atoms with E-state index in [-0.39, 0.29) is 23.9 Å². The summed E-state index contributed by atoms with van der Waals surface area (Å²) in [6.45, 7) is 7.91. The average Bonchev–Trinajstić information content (AvgIpc) is 3.44. The van der Waals surface area contributed by atoms with Crippen LogP contribution in [-0.2, 0) is 4.79 Å². The van der Waals surface area contributed by atoms with Crippen molar-refractivity contribution < 1.29 is 9.53 Å². The first-order valence-corrected chi connectivity index (χ1v) is 13.9. The van der Waals surface area contributed by atoms with Gasteiger partial charge in [-0.3, -0.25) is 9.78 Å². The number of hydrogen-bond donors (Lipinski definition) is 2. The van der Waals surface area contributed by atoms with E-state index < -0.39 is 0 Å². The van der Waals surface area contributed by atoms with Crippen LogP contribution in [0, 0.1) is 19.8 Å². The van der Waals surface area contributed by atoms with E-state index >= 15 is 0 Å². The molecule has 206 valence electrons. The molecule has 0 unspecified atom stereocenters. The minimum atomic E-state index is -0.201. The molecular weight excluding hydrogens is 542 g/mol. The zero-order valence-corrected chi connectivity index (χ0v) is 24.7. The molecule has 1 aliphatic rings. The second-order valence-corrected chi connectivity index (χ2v) is 11.0. The lowest BCUT2D eigenvalue weighted by molar-refractivity contribution is -0.118. The molecule has 4 aromatic rings. The van der Waals surface area contributed by atoms with Gasteiger partial charge in [-0.2, -0.15) is 0 Å². The molecule has 0 bridgehead atoms. The third-order valence-electron chi connectivity index (χ3n) is 7.23. The standard InChI is InChI=1S/C31H32ClN5O2S/c1-18(2)30(38)34-26-14-11-22(17-25(26)32)37-29(28(35-31(37)40)27-8-6-7-15-33-27)24-16-19(3)36(20(24)4)21-9-12-23(39-5)13-10-21/h6-18,28-29H,1-5H3,(H,34,38)(H,35,40)/t28-,29+/m0/s1. The number of aryl methyl sites for hydroxylation is 1. The first kappa shape index (κ1) is 27.7. The van der Waals surface area contributed by atoms with E-state index in [9.17, 15) is 4.79 Å². The third-order valence-corrected chi connectivity index (χ3v) is 7.86. The zero-order chi connectivity index (χ0) is 28.6. The van der Waals surface area contributed by atoms with E-state index in [0.29, 0.717) is 15.8 Å². The summed E-state index contributed by atoms with van der Waals surface area (Å²) in [5.74, 6) is 0.561. The topological polar surface area (TPSA) is 71.4 Å². The van der Waals surface area contributed by atoms with Crippen LogP contribution in [0.3, 0.4) is 0 Å². The van der Waals surface area contributed by atoms with Crippen molar-refractivity contribution in [3.05, 3.63) is 101 Å². The summed E-state index contributed by atoms with van der Waals surface area (Å²) in [5.41, 5.74) is 6.63. The fourth-order valence-electron chi connectivity index (χ4n) is 5.20. The van der Waals surface area contributed by atoms with Crippen molar-refractivity contribution in [1.82, 2.24) is 14.9 Å². The Hall–Kier alpha value is -3.88. The van der Waals surface area contributed by atoms with Gasteiger partial charge in [0.2, 0.25) is 5.91 Å². The molecule has 9 heteroatoms. The highest BCUT2D eigenvalue weighted by Gasteiger charge is 2.42. The van der Waals surface area contributed by atoms with Crippen molar-refractivity contribution in [2.45, 2.75) is 39.8 Å². The second-order valence-electron chi connectivity index (χ2n) is 10.2. The van der Waals surface area contributed by atoms with Crippen LogP contribution in [0.15, 0.2) is 72.9 Å². The van der Waals surface area contributed by atoms with Crippen molar-refractivity contribution in [2.24, 2.45) is 5.92 Å². The minimum Gasteiger partial charge on any atom is -0.497 e. The quantitative estimate of drug-likeness (QED) is 0.234. The fraction of sp³-hybridized carbons (Fsp3) is 0.258. The monoisotopic (exact) mass is 573 g/mol. The smallest absolute Gasteiger partial charge is 0.226 e. The van der Waals surface area contributed by atoms with E-state index in [2.05, 4.69) is 57.1 Å². The molecule has 5 rings (SSSR count). The second kappa shape index (κ2) is 11.3. The molecule has 1 amide bonds. The molecular formula is C31H32ClN5O2S. The first-order valence-electron chi connectivity index (χ1n) is 13.1. The molecule has 0 aliphatic carbocycles. The minimum absolute atomic E-state index is 0.0907. The van der Waals surface area contributed by atoms with Gasteiger partial charge in [-0.05, 0) is 92.3 Å². The Balaban J connectivity index is 1.60. The molecule has 2 atom stereocenters. The number of benzene rings is 2. The summed E-state index contributed by atoms with van der Waals surface area (Å²) in [6, 6.07) is 21.4. The number of nitrogens with zero attached hydrogens (tertiary/aromatic N) is 3. The van der Waals surface area contributed by atoms with Gasteiger partial charge in [-0.1, -0.05) is 31.5 Å². The average molecular weight is 574 g/mol. The number of thiocarbonyl (C=S) groups is 1. The Kier molecular flexibility index (Phi) is 7.83. The SMILES string of the molecule is COc1ccc(-n2c(C)cc([C@@H]3[C@H](c4ccccn4)NC(=S)N3c3ccc(NC(=O)C(C)C)c(Cl)c3)c2C)cc1. The predicted molar refractivity (Wildman–Crippen MR) is 165 cm³/mol. The lowest BCUT2D eigenvalue weighted by Crippen LogP contribution is -2.29. The maximum atomic E-state index is 12.3. The number of halogens is 1. The van der Waals surface area contributed by atoms with E-state index in [4.69, 9.17) is 28.6 Å². The van der Waals surface area contributed by atoms with E-state index in [1.54, 1.807) is 13.3 Å². The number of pyridine rings is 1. The number of nitrogens with one attached hydrogen (secondary N) is 2. The number of hydrogen-bond acceptors (Lipinski definition) is 4. The molecule has 2 N–H and O–H groups in total. The molecule has 2 aromatic carbocycles. The van der Waals surface area contributed by atoms with Crippen LogP contribution in [0.25, 0.3) is 5.69 Å². The summed E-state index contributed by atoms with van der Waals surface area (Å²) in [4.78, 5) is 19.1. The molecule has 7 nitrogen and oxygen atoms in total.